The Balaban J connectivity index is 1.50. The van der Waals surface area contributed by atoms with E-state index in [1.807, 2.05) is 0 Å². The first kappa shape index (κ1) is 35.1. The fourth-order valence-corrected chi connectivity index (χ4v) is 6.54. The molecule has 6 N–H and O–H groups in total. The predicted molar refractivity (Wildman–Crippen MR) is 172 cm³/mol. The molecule has 49 heavy (non-hydrogen) atoms. The molecule has 0 bridgehead atoms. The first-order valence-corrected chi connectivity index (χ1v) is 17.1. The van der Waals surface area contributed by atoms with Gasteiger partial charge in [-0.25, -0.2) is 4.79 Å². The molecule has 3 aromatic rings. The quantitative estimate of drug-likeness (QED) is 0.0820. The maximum absolute atomic E-state index is 13.7. The lowest BCUT2D eigenvalue weighted by molar-refractivity contribution is -0.139. The highest BCUT2D eigenvalue weighted by Crippen LogP contribution is 2.43. The molecular weight excluding hydrogens is 708 g/mol. The van der Waals surface area contributed by atoms with Crippen LogP contribution >= 0.6 is 11.6 Å². The van der Waals surface area contributed by atoms with Crippen LogP contribution in [0.1, 0.15) is 27.6 Å². The summed E-state index contributed by atoms with van der Waals surface area (Å²) in [7, 11) is -9.89. The molecule has 0 radical (unpaired) electrons. The average Bonchev–Trinajstić information content (AvgIpc) is 3.01. The maximum Gasteiger partial charge on any atom is 0.333 e. The minimum atomic E-state index is -4.99. The van der Waals surface area contributed by atoms with E-state index in [2.05, 4.69) is 32.2 Å². The highest BCUT2D eigenvalue weighted by molar-refractivity contribution is 7.90. The Hall–Kier alpha value is -5.21. The number of hydrogen-bond acceptors (Lipinski definition) is 15. The summed E-state index contributed by atoms with van der Waals surface area (Å²) in [6.07, 6.45) is 0.901. The van der Waals surface area contributed by atoms with Gasteiger partial charge in [0.25, 0.3) is 20.2 Å². The Morgan fingerprint density at radius 1 is 0.959 bits per heavy atom. The molecule has 0 spiro atoms. The van der Waals surface area contributed by atoms with Crippen LogP contribution in [0.25, 0.3) is 0 Å². The summed E-state index contributed by atoms with van der Waals surface area (Å²) in [4.78, 5) is 48.9. The van der Waals surface area contributed by atoms with Gasteiger partial charge in [-0.2, -0.15) is 31.8 Å². The van der Waals surface area contributed by atoms with Crippen molar-refractivity contribution in [2.75, 3.05) is 23.8 Å². The van der Waals surface area contributed by atoms with E-state index in [9.17, 15) is 40.3 Å². The highest BCUT2D eigenvalue weighted by Gasteiger charge is 2.48. The number of fused-ring (bicyclic) bond motifs is 2. The number of carbonyl (C=O) groups is 3. The fraction of sp³-hybridized carbons (Fsp3) is 0.172. The molecule has 2 aromatic carbocycles. The number of carbonyl (C=O) groups excluding carboxylic acids is 3. The van der Waals surface area contributed by atoms with Crippen LogP contribution in [0.3, 0.4) is 0 Å². The zero-order chi connectivity index (χ0) is 35.8. The number of halogens is 1. The van der Waals surface area contributed by atoms with Crippen LogP contribution in [0.15, 0.2) is 81.9 Å². The Kier molecular flexibility index (Phi) is 9.57. The van der Waals surface area contributed by atoms with Gasteiger partial charge >= 0.3 is 12.0 Å². The van der Waals surface area contributed by atoms with Crippen LogP contribution in [-0.4, -0.2) is 71.6 Å². The van der Waals surface area contributed by atoms with Crippen LogP contribution in [0, 0.1) is 11.8 Å². The van der Waals surface area contributed by atoms with Crippen molar-refractivity contribution in [3.63, 3.8) is 0 Å². The van der Waals surface area contributed by atoms with E-state index in [0.717, 1.165) is 18.2 Å². The van der Waals surface area contributed by atoms with E-state index in [1.54, 1.807) is 6.07 Å². The summed E-state index contributed by atoms with van der Waals surface area (Å²) in [5.74, 6) is -5.11. The summed E-state index contributed by atoms with van der Waals surface area (Å²) in [5.41, 5.74) is 5.29. The molecule has 2 aliphatic carbocycles. The summed E-state index contributed by atoms with van der Waals surface area (Å²) in [5, 5.41) is 5.00. The van der Waals surface area contributed by atoms with E-state index in [1.165, 1.54) is 31.2 Å². The second-order valence-corrected chi connectivity index (χ2v) is 13.7. The third-order valence-corrected chi connectivity index (χ3v) is 9.14. The van der Waals surface area contributed by atoms with Crippen LogP contribution in [0.5, 0.6) is 6.01 Å². The molecule has 256 valence electrons. The fourth-order valence-electron chi connectivity index (χ4n) is 5.06. The first-order valence-electron chi connectivity index (χ1n) is 13.8. The summed E-state index contributed by atoms with van der Waals surface area (Å²) in [6, 6.07) is 8.80. The lowest BCUT2D eigenvalue weighted by atomic mass is 9.69. The third-order valence-electron chi connectivity index (χ3n) is 7.15. The largest absolute Gasteiger partial charge is 0.460 e. The lowest BCUT2D eigenvalue weighted by Gasteiger charge is -2.36. The molecule has 0 saturated heterocycles. The Bertz CT molecular complexity index is 2220. The number of nitrogens with one attached hydrogen (secondary N) is 2. The summed E-state index contributed by atoms with van der Waals surface area (Å²) >= 11 is 5.99. The number of Topliss-reactive ketones (excluding diaryl/α,β-unsaturated/α-hetero) is 2. The van der Waals surface area contributed by atoms with Gasteiger partial charge in [0.1, 0.15) is 23.0 Å². The molecule has 2 atom stereocenters. The summed E-state index contributed by atoms with van der Waals surface area (Å²) < 4.78 is 79.2. The molecule has 0 amide bonds. The number of nitrogens with two attached hydrogens (primary N) is 1. The third kappa shape index (κ3) is 7.44. The second-order valence-electron chi connectivity index (χ2n) is 10.5. The molecular formula is C29H25ClN6O11S2. The van der Waals surface area contributed by atoms with Crippen LogP contribution < -0.4 is 21.1 Å². The number of rotatable bonds is 11. The number of esters is 1. The lowest BCUT2D eigenvalue weighted by Crippen LogP contribution is -2.44. The van der Waals surface area contributed by atoms with E-state index < -0.39 is 70.4 Å². The summed E-state index contributed by atoms with van der Waals surface area (Å²) in [6.45, 7) is 4.51. The number of hydrogen-bond donors (Lipinski definition) is 5. The van der Waals surface area contributed by atoms with Gasteiger partial charge in [-0.1, -0.05) is 30.8 Å². The Labute approximate surface area is 283 Å². The molecule has 0 fully saturated rings. The molecule has 1 aromatic heterocycles. The zero-order valence-corrected chi connectivity index (χ0v) is 27.5. The molecule has 20 heteroatoms. The number of allylic oxidation sites excluding steroid dienone is 3. The van der Waals surface area contributed by atoms with Gasteiger partial charge in [-0.15, -0.1) is 0 Å². The number of benzene rings is 2. The van der Waals surface area contributed by atoms with Crippen molar-refractivity contribution in [3.05, 3.63) is 93.4 Å². The second kappa shape index (κ2) is 13.4. The van der Waals surface area contributed by atoms with Crippen molar-refractivity contribution in [1.82, 2.24) is 15.0 Å². The van der Waals surface area contributed by atoms with E-state index in [4.69, 9.17) is 26.8 Å². The zero-order valence-electron chi connectivity index (χ0n) is 25.1. The van der Waals surface area contributed by atoms with Crippen LogP contribution in [0.2, 0.25) is 5.28 Å². The van der Waals surface area contributed by atoms with Crippen molar-refractivity contribution in [2.45, 2.75) is 11.8 Å². The van der Waals surface area contributed by atoms with Gasteiger partial charge in [-0.3, -0.25) is 18.7 Å². The van der Waals surface area contributed by atoms with Gasteiger partial charge < -0.3 is 25.8 Å². The van der Waals surface area contributed by atoms with Gasteiger partial charge in [0.15, 0.2) is 11.6 Å². The topological polar surface area (TPSA) is 267 Å². The van der Waals surface area contributed by atoms with Gasteiger partial charge in [0.2, 0.25) is 11.2 Å². The number of nitrogens with zero attached hydrogens (tertiary/aromatic N) is 3. The highest BCUT2D eigenvalue weighted by atomic mass is 35.5. The normalized spacial score (nSPS) is 17.4. The maximum atomic E-state index is 13.7. The van der Waals surface area contributed by atoms with E-state index in [0.29, 0.717) is 0 Å². The molecule has 17 nitrogen and oxygen atoms in total. The number of ether oxygens (including phenoxy) is 2. The Morgan fingerprint density at radius 3 is 2.22 bits per heavy atom. The van der Waals surface area contributed by atoms with Gasteiger partial charge in [0, 0.05) is 33.8 Å². The number of ketones is 2. The molecule has 0 aliphatic heterocycles. The standard InChI is InChI=1S/C29H25ClN6O11S2/c1-13(2)26(39)46-9-10-47-29-35-27(30)34-28(36-29)33-17-11-14(7-8-19(17)48(40,41)42)32-18-12-20(49(43,44)45)23(31)22-21(18)24(37)15-5-3-4-6-16(15)25(22)38/h3-8,11-12,21-22,32H,1,9-10,31H2,2H3,(H,40,41,42)(H,43,44,45)(H,33,34,35,36). The van der Waals surface area contributed by atoms with Gasteiger partial charge in [-0.05, 0) is 42.8 Å². The van der Waals surface area contributed by atoms with Crippen molar-refractivity contribution in [3.8, 4) is 6.01 Å². The van der Waals surface area contributed by atoms with Crippen LogP contribution in [0.4, 0.5) is 17.3 Å². The SMILES string of the molecule is C=C(C)C(=O)OCCOc1nc(Cl)nc(Nc2cc(NC3=CC(S(=O)(=O)O)=C(N)C4C(=O)c5ccccc5C(=O)C34)ccc2S(=O)(=O)O)n1. The molecule has 5 rings (SSSR count). The average molecular weight is 733 g/mol. The van der Waals surface area contributed by atoms with E-state index in [-0.39, 0.29) is 58.9 Å². The first-order chi connectivity index (χ1) is 23.0. The minimum Gasteiger partial charge on any atom is -0.460 e. The number of aromatic nitrogens is 3. The van der Waals surface area contributed by atoms with Crippen molar-refractivity contribution in [2.24, 2.45) is 17.6 Å². The molecule has 0 saturated carbocycles. The van der Waals surface area contributed by atoms with Crippen molar-refractivity contribution in [1.29, 1.82) is 0 Å². The van der Waals surface area contributed by atoms with Crippen LogP contribution in [-0.2, 0) is 29.8 Å². The predicted octanol–water partition coefficient (Wildman–Crippen LogP) is 2.69. The molecule has 2 aliphatic rings. The van der Waals surface area contributed by atoms with Gasteiger partial charge in [0.05, 0.1) is 17.5 Å². The monoisotopic (exact) mass is 732 g/mol. The van der Waals surface area contributed by atoms with Crippen molar-refractivity contribution < 1.29 is 49.8 Å². The molecule has 1 heterocycles. The minimum absolute atomic E-state index is 0.00474. The van der Waals surface area contributed by atoms with E-state index >= 15 is 0 Å². The Morgan fingerprint density at radius 2 is 1.61 bits per heavy atom. The smallest absolute Gasteiger partial charge is 0.333 e. The number of anilines is 3. The van der Waals surface area contributed by atoms with Crippen molar-refractivity contribution >= 4 is 66.7 Å². The molecule has 2 unspecified atom stereocenters.